The van der Waals surface area contributed by atoms with Crippen LogP contribution in [0.5, 0.6) is 0 Å². The van der Waals surface area contributed by atoms with Crippen molar-refractivity contribution in [2.75, 3.05) is 32.8 Å². The lowest BCUT2D eigenvalue weighted by atomic mass is 9.91. The van der Waals surface area contributed by atoms with E-state index in [9.17, 15) is 18.8 Å². The van der Waals surface area contributed by atoms with Crippen LogP contribution >= 0.6 is 0 Å². The third-order valence-electron chi connectivity index (χ3n) is 4.61. The minimum atomic E-state index is -1.14. The Hall–Kier alpha value is -2.97. The predicted molar refractivity (Wildman–Crippen MR) is 94.1 cm³/mol. The van der Waals surface area contributed by atoms with Gasteiger partial charge < -0.3 is 14.5 Å². The van der Waals surface area contributed by atoms with Crippen LogP contribution in [-0.2, 0) is 19.1 Å². The van der Waals surface area contributed by atoms with Gasteiger partial charge in [0.2, 0.25) is 18.3 Å². The van der Waals surface area contributed by atoms with Gasteiger partial charge in [-0.1, -0.05) is 12.1 Å². The first-order valence-electron chi connectivity index (χ1n) is 8.78. The number of esters is 1. The van der Waals surface area contributed by atoms with Crippen molar-refractivity contribution in [3.05, 3.63) is 35.6 Å². The maximum absolute atomic E-state index is 13.3. The maximum Gasteiger partial charge on any atom is 0.321 e. The van der Waals surface area contributed by atoms with E-state index in [0.717, 1.165) is 6.41 Å². The smallest absolute Gasteiger partial charge is 0.321 e. The highest BCUT2D eigenvalue weighted by Gasteiger charge is 2.42. The fraction of sp³-hybridized carbons (Fsp3) is 0.444. The molecule has 0 unspecified atom stereocenters. The molecule has 3 rings (SSSR count). The zero-order chi connectivity index (χ0) is 19.4. The molecule has 0 aliphatic carbocycles. The molecule has 0 bridgehead atoms. The monoisotopic (exact) mass is 376 g/mol. The first-order chi connectivity index (χ1) is 13.0. The first kappa shape index (κ1) is 18.8. The van der Waals surface area contributed by atoms with Crippen LogP contribution in [0.2, 0.25) is 0 Å². The van der Waals surface area contributed by atoms with Gasteiger partial charge in [-0.3, -0.25) is 19.7 Å². The summed E-state index contributed by atoms with van der Waals surface area (Å²) in [4.78, 5) is 43.9. The maximum atomic E-state index is 13.3. The summed E-state index contributed by atoms with van der Waals surface area (Å²) in [7, 11) is 0. The molecule has 1 aromatic rings. The number of piperazine rings is 1. The third-order valence-corrected chi connectivity index (χ3v) is 4.61. The lowest BCUT2D eigenvalue weighted by Gasteiger charge is -2.37. The molecule has 1 saturated heterocycles. The van der Waals surface area contributed by atoms with Crippen molar-refractivity contribution >= 4 is 24.2 Å². The van der Waals surface area contributed by atoms with Gasteiger partial charge in [0.05, 0.1) is 6.61 Å². The zero-order valence-corrected chi connectivity index (χ0v) is 14.9. The second-order valence-electron chi connectivity index (χ2n) is 6.30. The molecule has 27 heavy (non-hydrogen) atoms. The van der Waals surface area contributed by atoms with Gasteiger partial charge in [-0.05, 0) is 24.6 Å². The Morgan fingerprint density at radius 2 is 1.96 bits per heavy atom. The fourth-order valence-corrected chi connectivity index (χ4v) is 3.16. The molecule has 1 N–H and O–H groups in total. The second-order valence-corrected chi connectivity index (χ2v) is 6.30. The minimum absolute atomic E-state index is 0.142. The molecule has 2 aliphatic heterocycles. The number of hydrogen-bond acceptors (Lipinski definition) is 6. The minimum Gasteiger partial charge on any atom is -0.465 e. The van der Waals surface area contributed by atoms with Crippen LogP contribution in [0.3, 0.4) is 0 Å². The first-order valence-corrected chi connectivity index (χ1v) is 8.78. The van der Waals surface area contributed by atoms with Gasteiger partial charge in [-0.15, -0.1) is 0 Å². The number of carbonyl (C=O) groups excluding carboxylic acids is 3. The fourth-order valence-electron chi connectivity index (χ4n) is 3.16. The van der Waals surface area contributed by atoms with Crippen molar-refractivity contribution in [3.8, 4) is 0 Å². The quantitative estimate of drug-likeness (QED) is 0.464. The number of rotatable bonds is 4. The summed E-state index contributed by atoms with van der Waals surface area (Å²) in [5, 5.41) is 2.67. The molecule has 0 spiro atoms. The average Bonchev–Trinajstić information content (AvgIpc) is 2.68. The summed E-state index contributed by atoms with van der Waals surface area (Å²) in [6.45, 7) is 3.85. The number of nitrogens with one attached hydrogen (secondary N) is 1. The van der Waals surface area contributed by atoms with Gasteiger partial charge in [-0.25, -0.2) is 9.38 Å². The van der Waals surface area contributed by atoms with Gasteiger partial charge >= 0.3 is 5.97 Å². The normalized spacial score (nSPS) is 22.7. The van der Waals surface area contributed by atoms with Crippen LogP contribution in [0.15, 0.2) is 29.3 Å². The number of amides is 2. The number of halogens is 1. The second kappa shape index (κ2) is 8.15. The highest BCUT2D eigenvalue weighted by molar-refractivity contribution is 6.08. The lowest BCUT2D eigenvalue weighted by Crippen LogP contribution is -2.57. The molecule has 8 nitrogen and oxygen atoms in total. The van der Waals surface area contributed by atoms with E-state index in [1.807, 2.05) is 4.90 Å². The van der Waals surface area contributed by atoms with E-state index in [4.69, 9.17) is 4.74 Å². The Bertz CT molecular complexity index is 744. The molecular formula is C18H21FN4O4. The Morgan fingerprint density at radius 3 is 2.56 bits per heavy atom. The molecule has 2 atom stereocenters. The number of nitrogens with zero attached hydrogens (tertiary/aromatic N) is 3. The third kappa shape index (κ3) is 4.07. The Balaban J connectivity index is 1.91. The molecule has 0 radical (unpaired) electrons. The van der Waals surface area contributed by atoms with E-state index in [1.54, 1.807) is 11.8 Å². The number of ether oxygens (including phenoxy) is 1. The van der Waals surface area contributed by atoms with Crippen LogP contribution in [0.1, 0.15) is 18.5 Å². The van der Waals surface area contributed by atoms with Crippen LogP contribution < -0.4 is 5.32 Å². The van der Waals surface area contributed by atoms with Crippen molar-refractivity contribution < 1.29 is 23.5 Å². The largest absolute Gasteiger partial charge is 0.465 e. The summed E-state index contributed by atoms with van der Waals surface area (Å²) >= 11 is 0. The van der Waals surface area contributed by atoms with Crippen molar-refractivity contribution in [3.63, 3.8) is 0 Å². The molecule has 144 valence electrons. The summed E-state index contributed by atoms with van der Waals surface area (Å²) < 4.78 is 18.3. The van der Waals surface area contributed by atoms with Crippen LogP contribution in [0.4, 0.5) is 4.39 Å². The summed E-state index contributed by atoms with van der Waals surface area (Å²) in [6, 6.07) is 4.74. The number of aliphatic imine (C=N–C) groups is 1. The Kier molecular flexibility index (Phi) is 5.68. The molecule has 2 amide bonds. The van der Waals surface area contributed by atoms with Gasteiger partial charge in [0.15, 0.2) is 5.92 Å². The predicted octanol–water partition coefficient (Wildman–Crippen LogP) is 0.306. The van der Waals surface area contributed by atoms with Crippen molar-refractivity contribution in [2.24, 2.45) is 10.9 Å². The van der Waals surface area contributed by atoms with E-state index in [1.165, 1.54) is 24.3 Å². The molecule has 2 aliphatic rings. The number of benzene rings is 1. The zero-order valence-electron chi connectivity index (χ0n) is 14.9. The molecule has 9 heteroatoms. The van der Waals surface area contributed by atoms with Gasteiger partial charge in [-0.2, -0.15) is 0 Å². The topological polar surface area (TPSA) is 91.3 Å². The summed E-state index contributed by atoms with van der Waals surface area (Å²) in [5.74, 6) is -2.39. The Labute approximate surface area is 156 Å². The average molecular weight is 376 g/mol. The van der Waals surface area contributed by atoms with E-state index < -0.39 is 29.7 Å². The molecular weight excluding hydrogens is 355 g/mol. The number of guanidine groups is 1. The van der Waals surface area contributed by atoms with Crippen molar-refractivity contribution in [2.45, 2.75) is 13.0 Å². The van der Waals surface area contributed by atoms with Gasteiger partial charge in [0, 0.05) is 26.2 Å². The standard InChI is InChI=1S/C18H21FN4O4/c1-2-27-17(26)14-15(12-3-5-13(19)6-4-12)20-18(21-16(14)25)23-9-7-22(11-24)8-10-23/h3-6,11,14-15H,2,7-10H2,1H3,(H,20,21,25)/t14-,15+/m1/s1. The lowest BCUT2D eigenvalue weighted by molar-refractivity contribution is -0.153. The molecule has 0 saturated carbocycles. The van der Waals surface area contributed by atoms with Crippen molar-refractivity contribution in [1.29, 1.82) is 0 Å². The van der Waals surface area contributed by atoms with Crippen LogP contribution in [-0.4, -0.2) is 66.8 Å². The number of carbonyl (C=O) groups is 3. The van der Waals surface area contributed by atoms with E-state index >= 15 is 0 Å². The summed E-state index contributed by atoms with van der Waals surface area (Å²) in [6.07, 6.45) is 0.788. The summed E-state index contributed by atoms with van der Waals surface area (Å²) in [5.41, 5.74) is 0.549. The van der Waals surface area contributed by atoms with Crippen LogP contribution in [0.25, 0.3) is 0 Å². The van der Waals surface area contributed by atoms with Crippen LogP contribution in [0, 0.1) is 11.7 Å². The van der Waals surface area contributed by atoms with E-state index in [0.29, 0.717) is 37.7 Å². The molecule has 1 fully saturated rings. The van der Waals surface area contributed by atoms with Crippen molar-refractivity contribution in [1.82, 2.24) is 15.1 Å². The van der Waals surface area contributed by atoms with E-state index in [-0.39, 0.29) is 6.61 Å². The Morgan fingerprint density at radius 1 is 1.30 bits per heavy atom. The highest BCUT2D eigenvalue weighted by atomic mass is 19.1. The molecule has 0 aromatic heterocycles. The molecule has 2 heterocycles. The SMILES string of the molecule is CCOC(=O)[C@H]1C(=O)NC(N2CCN(C=O)CC2)=N[C@H]1c1ccc(F)cc1. The highest BCUT2D eigenvalue weighted by Crippen LogP contribution is 2.31. The number of hydrogen-bond donors (Lipinski definition) is 1. The van der Waals surface area contributed by atoms with Gasteiger partial charge in [0.25, 0.3) is 0 Å². The van der Waals surface area contributed by atoms with E-state index in [2.05, 4.69) is 10.3 Å². The molecule has 1 aromatic carbocycles. The van der Waals surface area contributed by atoms with Gasteiger partial charge in [0.1, 0.15) is 11.9 Å².